The van der Waals surface area contributed by atoms with Crippen molar-refractivity contribution in [3.63, 3.8) is 0 Å². The van der Waals surface area contributed by atoms with Gasteiger partial charge in [-0.15, -0.1) is 0 Å². The fourth-order valence-corrected chi connectivity index (χ4v) is 2.81. The lowest BCUT2D eigenvalue weighted by molar-refractivity contribution is 0.387. The zero-order valence-corrected chi connectivity index (χ0v) is 13.6. The summed E-state index contributed by atoms with van der Waals surface area (Å²) in [6.07, 6.45) is 6.56. The Labute approximate surface area is 123 Å². The Morgan fingerprint density at radius 3 is 2.75 bits per heavy atom. The van der Waals surface area contributed by atoms with Crippen molar-refractivity contribution < 1.29 is 0 Å². The van der Waals surface area contributed by atoms with Gasteiger partial charge in [-0.1, -0.05) is 6.92 Å². The topological polar surface area (TPSA) is 28.2 Å². The SMILES string of the molecule is CC1CCC(C)N(c2cnccc2CNC(C)(C)C)C1. The van der Waals surface area contributed by atoms with E-state index in [2.05, 4.69) is 55.9 Å². The zero-order chi connectivity index (χ0) is 14.8. The van der Waals surface area contributed by atoms with Crippen molar-refractivity contribution in [3.05, 3.63) is 24.0 Å². The standard InChI is InChI=1S/C17H29N3/c1-13-6-7-14(2)20(12-13)16-11-18-9-8-15(16)10-19-17(3,4)5/h8-9,11,13-14,19H,6-7,10,12H2,1-5H3. The second-order valence-electron chi connectivity index (χ2n) is 7.29. The number of hydrogen-bond acceptors (Lipinski definition) is 3. The maximum Gasteiger partial charge on any atom is 0.0600 e. The molecule has 112 valence electrons. The van der Waals surface area contributed by atoms with Crippen LogP contribution in [0.1, 0.15) is 53.0 Å². The third-order valence-corrected chi connectivity index (χ3v) is 4.12. The predicted octanol–water partition coefficient (Wildman–Crippen LogP) is 3.59. The Balaban J connectivity index is 2.18. The first-order chi connectivity index (χ1) is 9.37. The smallest absolute Gasteiger partial charge is 0.0600 e. The number of anilines is 1. The molecule has 2 heterocycles. The van der Waals surface area contributed by atoms with Crippen molar-refractivity contribution in [1.82, 2.24) is 10.3 Å². The average molecular weight is 275 g/mol. The summed E-state index contributed by atoms with van der Waals surface area (Å²) in [6.45, 7) is 13.4. The van der Waals surface area contributed by atoms with E-state index in [4.69, 9.17) is 0 Å². The molecule has 3 heteroatoms. The summed E-state index contributed by atoms with van der Waals surface area (Å²) in [4.78, 5) is 6.90. The number of pyridine rings is 1. The fraction of sp³-hybridized carbons (Fsp3) is 0.706. The van der Waals surface area contributed by atoms with Crippen LogP contribution >= 0.6 is 0 Å². The van der Waals surface area contributed by atoms with E-state index in [0.717, 1.165) is 19.0 Å². The summed E-state index contributed by atoms with van der Waals surface area (Å²) in [7, 11) is 0. The summed E-state index contributed by atoms with van der Waals surface area (Å²) in [5.41, 5.74) is 2.81. The molecule has 0 aliphatic carbocycles. The summed E-state index contributed by atoms with van der Waals surface area (Å²) in [5.74, 6) is 0.773. The average Bonchev–Trinajstić information content (AvgIpc) is 2.39. The Morgan fingerprint density at radius 1 is 1.30 bits per heavy atom. The van der Waals surface area contributed by atoms with Crippen molar-refractivity contribution in [2.45, 2.75) is 65.6 Å². The predicted molar refractivity (Wildman–Crippen MR) is 86.0 cm³/mol. The highest BCUT2D eigenvalue weighted by molar-refractivity contribution is 5.53. The van der Waals surface area contributed by atoms with Crippen molar-refractivity contribution in [3.8, 4) is 0 Å². The molecule has 0 aromatic carbocycles. The van der Waals surface area contributed by atoms with Gasteiger partial charge in [0.2, 0.25) is 0 Å². The summed E-state index contributed by atoms with van der Waals surface area (Å²) in [6, 6.07) is 2.77. The van der Waals surface area contributed by atoms with Crippen LogP contribution in [0.3, 0.4) is 0 Å². The second-order valence-corrected chi connectivity index (χ2v) is 7.29. The molecule has 0 spiro atoms. The van der Waals surface area contributed by atoms with Crippen molar-refractivity contribution in [2.24, 2.45) is 5.92 Å². The van der Waals surface area contributed by atoms with Crippen molar-refractivity contribution >= 4 is 5.69 Å². The molecule has 0 radical (unpaired) electrons. The Bertz CT molecular complexity index is 436. The molecule has 3 nitrogen and oxygen atoms in total. The van der Waals surface area contributed by atoms with Crippen LogP contribution in [0, 0.1) is 5.92 Å². The van der Waals surface area contributed by atoms with Crippen LogP contribution in [-0.2, 0) is 6.54 Å². The van der Waals surface area contributed by atoms with Crippen molar-refractivity contribution in [1.29, 1.82) is 0 Å². The third kappa shape index (κ3) is 3.95. The molecule has 2 unspecified atom stereocenters. The number of nitrogens with zero attached hydrogens (tertiary/aromatic N) is 2. The third-order valence-electron chi connectivity index (χ3n) is 4.12. The minimum absolute atomic E-state index is 0.140. The van der Waals surface area contributed by atoms with Crippen LogP contribution in [0.5, 0.6) is 0 Å². The first-order valence-corrected chi connectivity index (χ1v) is 7.81. The summed E-state index contributed by atoms with van der Waals surface area (Å²) >= 11 is 0. The van der Waals surface area contributed by atoms with E-state index in [-0.39, 0.29) is 5.54 Å². The van der Waals surface area contributed by atoms with Gasteiger partial charge in [0.15, 0.2) is 0 Å². The lowest BCUT2D eigenvalue weighted by Crippen LogP contribution is -2.42. The highest BCUT2D eigenvalue weighted by Crippen LogP contribution is 2.29. The molecule has 1 aliphatic rings. The van der Waals surface area contributed by atoms with E-state index in [1.165, 1.54) is 24.1 Å². The summed E-state index contributed by atoms with van der Waals surface area (Å²) in [5, 5.41) is 3.59. The van der Waals surface area contributed by atoms with Gasteiger partial charge in [-0.3, -0.25) is 4.98 Å². The molecular weight excluding hydrogens is 246 g/mol. The van der Waals surface area contributed by atoms with E-state index >= 15 is 0 Å². The van der Waals surface area contributed by atoms with E-state index in [1.807, 2.05) is 12.4 Å². The van der Waals surface area contributed by atoms with Crippen LogP contribution in [0.25, 0.3) is 0 Å². The first-order valence-electron chi connectivity index (χ1n) is 7.81. The maximum atomic E-state index is 4.35. The van der Waals surface area contributed by atoms with Crippen LogP contribution in [0.4, 0.5) is 5.69 Å². The molecule has 1 aromatic rings. The Hall–Kier alpha value is -1.09. The number of piperidine rings is 1. The van der Waals surface area contributed by atoms with E-state index in [1.54, 1.807) is 0 Å². The first kappa shape index (κ1) is 15.3. The number of aromatic nitrogens is 1. The molecule has 1 saturated heterocycles. The lowest BCUT2D eigenvalue weighted by atomic mass is 9.94. The minimum atomic E-state index is 0.140. The molecule has 0 amide bonds. The largest absolute Gasteiger partial charge is 0.367 e. The quantitative estimate of drug-likeness (QED) is 0.913. The summed E-state index contributed by atoms with van der Waals surface area (Å²) < 4.78 is 0. The van der Waals surface area contributed by atoms with E-state index in [0.29, 0.717) is 6.04 Å². The molecule has 0 bridgehead atoms. The van der Waals surface area contributed by atoms with Crippen LogP contribution < -0.4 is 10.2 Å². The normalized spacial score (nSPS) is 23.9. The van der Waals surface area contributed by atoms with Gasteiger partial charge in [0.1, 0.15) is 0 Å². The van der Waals surface area contributed by atoms with E-state index in [9.17, 15) is 0 Å². The van der Waals surface area contributed by atoms with Gasteiger partial charge in [-0.2, -0.15) is 0 Å². The van der Waals surface area contributed by atoms with Gasteiger partial charge in [0.05, 0.1) is 11.9 Å². The molecule has 0 saturated carbocycles. The highest BCUT2D eigenvalue weighted by atomic mass is 15.2. The lowest BCUT2D eigenvalue weighted by Gasteiger charge is -2.39. The minimum Gasteiger partial charge on any atom is -0.367 e. The monoisotopic (exact) mass is 275 g/mol. The maximum absolute atomic E-state index is 4.35. The zero-order valence-electron chi connectivity index (χ0n) is 13.6. The Kier molecular flexibility index (Phi) is 4.69. The molecular formula is C17H29N3. The Morgan fingerprint density at radius 2 is 2.05 bits per heavy atom. The van der Waals surface area contributed by atoms with Crippen LogP contribution in [-0.4, -0.2) is 23.1 Å². The number of nitrogens with one attached hydrogen (secondary N) is 1. The number of rotatable bonds is 3. The number of hydrogen-bond donors (Lipinski definition) is 1. The van der Waals surface area contributed by atoms with Crippen molar-refractivity contribution in [2.75, 3.05) is 11.4 Å². The molecule has 20 heavy (non-hydrogen) atoms. The molecule has 1 aromatic heterocycles. The van der Waals surface area contributed by atoms with Gasteiger partial charge in [0.25, 0.3) is 0 Å². The van der Waals surface area contributed by atoms with Crippen LogP contribution in [0.15, 0.2) is 18.5 Å². The molecule has 2 atom stereocenters. The van der Waals surface area contributed by atoms with Crippen LogP contribution in [0.2, 0.25) is 0 Å². The highest BCUT2D eigenvalue weighted by Gasteiger charge is 2.25. The van der Waals surface area contributed by atoms with Gasteiger partial charge in [0, 0.05) is 30.9 Å². The van der Waals surface area contributed by atoms with Gasteiger partial charge in [-0.05, 0) is 58.1 Å². The molecule has 1 fully saturated rings. The van der Waals surface area contributed by atoms with E-state index < -0.39 is 0 Å². The molecule has 1 N–H and O–H groups in total. The molecule has 2 rings (SSSR count). The van der Waals surface area contributed by atoms with Gasteiger partial charge >= 0.3 is 0 Å². The molecule has 1 aliphatic heterocycles. The second kappa shape index (κ2) is 6.13. The fourth-order valence-electron chi connectivity index (χ4n) is 2.81. The van der Waals surface area contributed by atoms with Gasteiger partial charge < -0.3 is 10.2 Å². The van der Waals surface area contributed by atoms with Gasteiger partial charge in [-0.25, -0.2) is 0 Å².